The second-order valence-corrected chi connectivity index (χ2v) is 3.66. The highest BCUT2D eigenvalue weighted by atomic mass is 17.5. The Kier molecular flexibility index (Phi) is 7.96. The molecule has 0 saturated heterocycles. The Morgan fingerprint density at radius 1 is 0.929 bits per heavy atom. The molecule has 0 aliphatic carbocycles. The lowest BCUT2D eigenvalue weighted by atomic mass is 9.99. The summed E-state index contributed by atoms with van der Waals surface area (Å²) in [6.45, 7) is 6.01. The van der Waals surface area contributed by atoms with Gasteiger partial charge in [0, 0.05) is 5.92 Å². The zero-order chi connectivity index (χ0) is 11.0. The minimum Gasteiger partial charge on any atom is -0.221 e. The summed E-state index contributed by atoms with van der Waals surface area (Å²) in [5.41, 5.74) is 0. The van der Waals surface area contributed by atoms with Crippen LogP contribution in [-0.4, -0.2) is 16.8 Å². The van der Waals surface area contributed by atoms with Crippen molar-refractivity contribution in [3.05, 3.63) is 0 Å². The van der Waals surface area contributed by atoms with Gasteiger partial charge in [-0.3, -0.25) is 0 Å². The number of rotatable bonds is 8. The Bertz CT molecular complexity index is 123. The molecular weight excluding hydrogens is 192 g/mol. The first-order chi connectivity index (χ1) is 6.61. The lowest BCUT2D eigenvalue weighted by Crippen LogP contribution is -2.25. The van der Waals surface area contributed by atoms with E-state index in [2.05, 4.69) is 33.7 Å². The highest BCUT2D eigenvalue weighted by Crippen LogP contribution is 2.18. The summed E-state index contributed by atoms with van der Waals surface area (Å²) >= 11 is 0. The SMILES string of the molecule is CC(C)CCC(C)C(OOO)OOO. The Hall–Kier alpha value is -0.240. The van der Waals surface area contributed by atoms with Gasteiger partial charge >= 0.3 is 0 Å². The van der Waals surface area contributed by atoms with Gasteiger partial charge in [-0.2, -0.15) is 9.78 Å². The minimum atomic E-state index is -0.955. The average Bonchev–Trinajstić information content (AvgIpc) is 2.14. The molecule has 0 aromatic carbocycles. The highest BCUT2D eigenvalue weighted by molar-refractivity contribution is 4.57. The fourth-order valence-corrected chi connectivity index (χ4v) is 1.02. The first kappa shape index (κ1) is 13.8. The minimum absolute atomic E-state index is 0.0725. The summed E-state index contributed by atoms with van der Waals surface area (Å²) < 4.78 is 0. The Morgan fingerprint density at radius 2 is 1.43 bits per heavy atom. The molecule has 0 aliphatic rings. The summed E-state index contributed by atoms with van der Waals surface area (Å²) in [5, 5.41) is 23.0. The van der Waals surface area contributed by atoms with Crippen molar-refractivity contribution in [2.75, 3.05) is 0 Å². The topological polar surface area (TPSA) is 77.4 Å². The Morgan fingerprint density at radius 3 is 1.79 bits per heavy atom. The van der Waals surface area contributed by atoms with Crippen molar-refractivity contribution in [1.82, 2.24) is 0 Å². The van der Waals surface area contributed by atoms with Gasteiger partial charge in [-0.25, -0.2) is 10.5 Å². The van der Waals surface area contributed by atoms with Gasteiger partial charge in [0.2, 0.25) is 6.29 Å². The molecule has 0 fully saturated rings. The van der Waals surface area contributed by atoms with E-state index in [1.165, 1.54) is 0 Å². The van der Waals surface area contributed by atoms with Crippen molar-refractivity contribution in [3.8, 4) is 0 Å². The van der Waals surface area contributed by atoms with Crippen LogP contribution in [0.4, 0.5) is 0 Å². The van der Waals surface area contributed by atoms with Crippen LogP contribution in [0.1, 0.15) is 33.6 Å². The van der Waals surface area contributed by atoms with Crippen LogP contribution >= 0.6 is 0 Å². The van der Waals surface area contributed by atoms with Crippen molar-refractivity contribution in [2.24, 2.45) is 11.8 Å². The molecule has 0 heterocycles. The Labute approximate surface area is 83.1 Å². The predicted octanol–water partition coefficient (Wildman–Crippen LogP) is 2.23. The van der Waals surface area contributed by atoms with Crippen LogP contribution in [0.25, 0.3) is 0 Å². The van der Waals surface area contributed by atoms with E-state index in [0.717, 1.165) is 12.8 Å². The van der Waals surface area contributed by atoms with Gasteiger partial charge in [-0.1, -0.05) is 37.3 Å². The average molecular weight is 210 g/mol. The van der Waals surface area contributed by atoms with Gasteiger partial charge in [0.05, 0.1) is 0 Å². The van der Waals surface area contributed by atoms with Crippen molar-refractivity contribution < 1.29 is 30.4 Å². The monoisotopic (exact) mass is 210 g/mol. The zero-order valence-corrected chi connectivity index (χ0v) is 8.67. The van der Waals surface area contributed by atoms with Crippen molar-refractivity contribution >= 4 is 0 Å². The van der Waals surface area contributed by atoms with Crippen LogP contribution in [0.5, 0.6) is 0 Å². The molecule has 0 saturated carbocycles. The third kappa shape index (κ3) is 6.25. The van der Waals surface area contributed by atoms with E-state index in [1.807, 2.05) is 6.92 Å². The molecule has 0 spiro atoms. The molecule has 86 valence electrons. The van der Waals surface area contributed by atoms with Gasteiger partial charge in [0.1, 0.15) is 0 Å². The van der Waals surface area contributed by atoms with Gasteiger partial charge in [-0.15, -0.1) is 0 Å². The first-order valence-corrected chi connectivity index (χ1v) is 4.55. The smallest absolute Gasteiger partial charge is 0.221 e. The van der Waals surface area contributed by atoms with E-state index in [-0.39, 0.29) is 5.92 Å². The van der Waals surface area contributed by atoms with Gasteiger partial charge < -0.3 is 0 Å². The third-order valence-electron chi connectivity index (χ3n) is 1.94. The van der Waals surface area contributed by atoms with Crippen LogP contribution in [0, 0.1) is 11.8 Å². The highest BCUT2D eigenvalue weighted by Gasteiger charge is 2.21. The predicted molar refractivity (Wildman–Crippen MR) is 46.6 cm³/mol. The number of hydrogen-bond donors (Lipinski definition) is 2. The van der Waals surface area contributed by atoms with Crippen molar-refractivity contribution in [1.29, 1.82) is 0 Å². The Balaban J connectivity index is 3.81. The molecule has 14 heavy (non-hydrogen) atoms. The van der Waals surface area contributed by atoms with Crippen molar-refractivity contribution in [3.63, 3.8) is 0 Å². The van der Waals surface area contributed by atoms with Gasteiger partial charge in [0.15, 0.2) is 0 Å². The first-order valence-electron chi connectivity index (χ1n) is 4.55. The van der Waals surface area contributed by atoms with Crippen LogP contribution in [0.3, 0.4) is 0 Å². The molecule has 0 bridgehead atoms. The standard InChI is InChI=1S/C8H18O6/c1-6(2)4-5-7(3)8(11-13-9)12-14-10/h6-10H,4-5H2,1-3H3. The number of hydrogen-bond acceptors (Lipinski definition) is 6. The molecule has 0 aliphatic heterocycles. The van der Waals surface area contributed by atoms with Gasteiger partial charge in [0.25, 0.3) is 0 Å². The molecule has 0 rings (SSSR count). The quantitative estimate of drug-likeness (QED) is 0.363. The fraction of sp³-hybridized carbons (Fsp3) is 1.00. The molecule has 6 nitrogen and oxygen atoms in total. The molecule has 6 heteroatoms. The van der Waals surface area contributed by atoms with Crippen LogP contribution in [0.15, 0.2) is 0 Å². The maximum Gasteiger partial charge on any atom is 0.233 e. The fourth-order valence-electron chi connectivity index (χ4n) is 1.02. The molecule has 0 aromatic rings. The molecule has 1 atom stereocenters. The van der Waals surface area contributed by atoms with E-state index in [4.69, 9.17) is 10.5 Å². The molecule has 2 N–H and O–H groups in total. The molecular formula is C8H18O6. The third-order valence-corrected chi connectivity index (χ3v) is 1.94. The van der Waals surface area contributed by atoms with E-state index >= 15 is 0 Å². The van der Waals surface area contributed by atoms with Crippen LogP contribution in [0.2, 0.25) is 0 Å². The largest absolute Gasteiger partial charge is 0.233 e. The lowest BCUT2D eigenvalue weighted by Gasteiger charge is -2.19. The van der Waals surface area contributed by atoms with E-state index < -0.39 is 6.29 Å². The second-order valence-electron chi connectivity index (χ2n) is 3.66. The summed E-state index contributed by atoms with van der Waals surface area (Å²) in [6.07, 6.45) is 0.819. The molecule has 1 unspecified atom stereocenters. The maximum absolute atomic E-state index is 8.05. The summed E-state index contributed by atoms with van der Waals surface area (Å²) in [4.78, 5) is 8.65. The molecule has 0 amide bonds. The van der Waals surface area contributed by atoms with Gasteiger partial charge in [-0.05, 0) is 12.3 Å². The van der Waals surface area contributed by atoms with E-state index in [1.54, 1.807) is 0 Å². The van der Waals surface area contributed by atoms with Crippen LogP contribution < -0.4 is 0 Å². The second kappa shape index (κ2) is 8.10. The summed E-state index contributed by atoms with van der Waals surface area (Å²) in [7, 11) is 0. The zero-order valence-electron chi connectivity index (χ0n) is 8.67. The lowest BCUT2D eigenvalue weighted by molar-refractivity contribution is -0.607. The maximum atomic E-state index is 8.05. The normalized spacial score (nSPS) is 13.9. The van der Waals surface area contributed by atoms with E-state index in [9.17, 15) is 0 Å². The summed E-state index contributed by atoms with van der Waals surface area (Å²) in [6, 6.07) is 0. The van der Waals surface area contributed by atoms with Crippen molar-refractivity contribution in [2.45, 2.75) is 39.9 Å². The molecule has 0 aromatic heterocycles. The van der Waals surface area contributed by atoms with Crippen LogP contribution in [-0.2, 0) is 19.9 Å². The van der Waals surface area contributed by atoms with E-state index in [0.29, 0.717) is 5.92 Å². The molecule has 0 radical (unpaired) electrons. The summed E-state index contributed by atoms with van der Waals surface area (Å²) in [5.74, 6) is 0.486.